The van der Waals surface area contributed by atoms with Gasteiger partial charge in [0, 0.05) is 6.04 Å². The van der Waals surface area contributed by atoms with Crippen LogP contribution in [0.15, 0.2) is 11.6 Å². The van der Waals surface area contributed by atoms with Gasteiger partial charge in [0.2, 0.25) is 0 Å². The fourth-order valence-electron chi connectivity index (χ4n) is 1.56. The minimum Gasteiger partial charge on any atom is -0.443 e. The summed E-state index contributed by atoms with van der Waals surface area (Å²) in [6, 6.07) is 0.316. The molecular weight excluding hydrogens is 204 g/mol. The van der Waals surface area contributed by atoms with E-state index in [9.17, 15) is 4.79 Å². The number of nitrogens with one attached hydrogen (secondary N) is 2. The summed E-state index contributed by atoms with van der Waals surface area (Å²) < 4.78 is 5.12. The normalized spacial score (nSPS) is 21.2. The fourth-order valence-corrected chi connectivity index (χ4v) is 1.56. The van der Waals surface area contributed by atoms with E-state index >= 15 is 0 Å². The molecule has 0 fully saturated rings. The van der Waals surface area contributed by atoms with Gasteiger partial charge in [-0.2, -0.15) is 0 Å². The van der Waals surface area contributed by atoms with Crippen LogP contribution in [0.4, 0.5) is 4.79 Å². The van der Waals surface area contributed by atoms with E-state index in [1.165, 1.54) is 5.57 Å². The third kappa shape index (κ3) is 5.16. The first-order valence-corrected chi connectivity index (χ1v) is 5.77. The van der Waals surface area contributed by atoms with E-state index in [1.54, 1.807) is 0 Å². The number of allylic oxidation sites excluding steroid dienone is 1. The molecule has 92 valence electrons. The van der Waals surface area contributed by atoms with Crippen LogP contribution in [0.3, 0.4) is 0 Å². The van der Waals surface area contributed by atoms with E-state index in [1.807, 2.05) is 20.8 Å². The van der Waals surface area contributed by atoms with Gasteiger partial charge in [0.25, 0.3) is 0 Å². The SMILES string of the molecule is CC1=CC[C@H](NNC(=O)OC(C)(C)C)CC1. The minimum absolute atomic E-state index is 0.316. The molecule has 0 spiro atoms. The van der Waals surface area contributed by atoms with Gasteiger partial charge in [0.15, 0.2) is 0 Å². The molecule has 1 rings (SSSR count). The van der Waals surface area contributed by atoms with Crippen molar-refractivity contribution in [2.24, 2.45) is 0 Å². The molecule has 0 aromatic rings. The lowest BCUT2D eigenvalue weighted by atomic mass is 9.97. The zero-order chi connectivity index (χ0) is 12.2. The number of carbonyl (C=O) groups is 1. The molecule has 0 unspecified atom stereocenters. The minimum atomic E-state index is -0.450. The standard InChI is InChI=1S/C12H22N2O2/c1-9-5-7-10(8-6-9)13-14-11(15)16-12(2,3)4/h5,10,13H,6-8H2,1-4H3,(H,14,15)/t10-/m0/s1. The fraction of sp³-hybridized carbons (Fsp3) is 0.750. The molecule has 0 saturated carbocycles. The van der Waals surface area contributed by atoms with Gasteiger partial charge in [0.05, 0.1) is 0 Å². The molecular formula is C12H22N2O2. The Morgan fingerprint density at radius 3 is 2.69 bits per heavy atom. The van der Waals surface area contributed by atoms with Crippen LogP contribution in [-0.2, 0) is 4.74 Å². The van der Waals surface area contributed by atoms with E-state index in [0.29, 0.717) is 6.04 Å². The van der Waals surface area contributed by atoms with Crippen molar-refractivity contribution in [1.82, 2.24) is 10.9 Å². The molecule has 16 heavy (non-hydrogen) atoms. The van der Waals surface area contributed by atoms with Crippen molar-refractivity contribution in [2.75, 3.05) is 0 Å². The molecule has 1 amide bonds. The monoisotopic (exact) mass is 226 g/mol. The molecule has 0 aromatic carbocycles. The van der Waals surface area contributed by atoms with Crippen LogP contribution in [0.2, 0.25) is 0 Å². The summed E-state index contributed by atoms with van der Waals surface area (Å²) in [5.41, 5.74) is 6.56. The summed E-state index contributed by atoms with van der Waals surface area (Å²) in [5, 5.41) is 0. The number of carbonyl (C=O) groups excluding carboxylic acids is 1. The Bertz CT molecular complexity index is 279. The lowest BCUT2D eigenvalue weighted by Crippen LogP contribution is -2.46. The lowest BCUT2D eigenvalue weighted by Gasteiger charge is -2.24. The van der Waals surface area contributed by atoms with Gasteiger partial charge in [-0.15, -0.1) is 0 Å². The Labute approximate surface area is 97.4 Å². The van der Waals surface area contributed by atoms with Crippen molar-refractivity contribution in [1.29, 1.82) is 0 Å². The average molecular weight is 226 g/mol. The van der Waals surface area contributed by atoms with Crippen molar-refractivity contribution >= 4 is 6.09 Å². The summed E-state index contributed by atoms with van der Waals surface area (Å²) in [7, 11) is 0. The van der Waals surface area contributed by atoms with Crippen molar-refractivity contribution in [2.45, 2.75) is 58.6 Å². The topological polar surface area (TPSA) is 50.4 Å². The maximum atomic E-state index is 11.4. The predicted octanol–water partition coefficient (Wildman–Crippen LogP) is 2.51. The number of hydrogen-bond donors (Lipinski definition) is 2. The molecule has 1 atom stereocenters. The Hall–Kier alpha value is -1.03. The molecule has 2 N–H and O–H groups in total. The van der Waals surface area contributed by atoms with Crippen molar-refractivity contribution in [3.05, 3.63) is 11.6 Å². The first-order chi connectivity index (χ1) is 7.37. The first-order valence-electron chi connectivity index (χ1n) is 5.77. The van der Waals surface area contributed by atoms with Crippen LogP contribution in [0.1, 0.15) is 47.0 Å². The Kier molecular flexibility index (Phi) is 4.35. The van der Waals surface area contributed by atoms with Crippen LogP contribution >= 0.6 is 0 Å². The summed E-state index contributed by atoms with van der Waals surface area (Å²) in [4.78, 5) is 11.4. The Morgan fingerprint density at radius 2 is 2.19 bits per heavy atom. The summed E-state index contributed by atoms with van der Waals surface area (Å²) in [6.07, 6.45) is 4.89. The average Bonchev–Trinajstić information content (AvgIpc) is 2.14. The van der Waals surface area contributed by atoms with Gasteiger partial charge in [-0.3, -0.25) is 5.43 Å². The van der Waals surface area contributed by atoms with Crippen molar-refractivity contribution in [3.8, 4) is 0 Å². The number of amides is 1. The van der Waals surface area contributed by atoms with E-state index in [4.69, 9.17) is 4.74 Å². The molecule has 0 aromatic heterocycles. The molecule has 0 bridgehead atoms. The van der Waals surface area contributed by atoms with Crippen LogP contribution < -0.4 is 10.9 Å². The zero-order valence-corrected chi connectivity index (χ0v) is 10.6. The number of rotatable bonds is 2. The first kappa shape index (κ1) is 13.0. The number of ether oxygens (including phenoxy) is 1. The van der Waals surface area contributed by atoms with Gasteiger partial charge in [-0.05, 0) is 47.0 Å². The van der Waals surface area contributed by atoms with Gasteiger partial charge in [-0.1, -0.05) is 11.6 Å². The van der Waals surface area contributed by atoms with Gasteiger partial charge in [-0.25, -0.2) is 10.2 Å². The van der Waals surface area contributed by atoms with Crippen molar-refractivity contribution in [3.63, 3.8) is 0 Å². The van der Waals surface area contributed by atoms with Gasteiger partial charge in [0.1, 0.15) is 5.60 Å². The van der Waals surface area contributed by atoms with E-state index < -0.39 is 11.7 Å². The summed E-state index contributed by atoms with van der Waals surface area (Å²) in [5.74, 6) is 0. The van der Waals surface area contributed by atoms with Crippen LogP contribution in [-0.4, -0.2) is 17.7 Å². The van der Waals surface area contributed by atoms with Crippen LogP contribution in [0, 0.1) is 0 Å². The van der Waals surface area contributed by atoms with Crippen LogP contribution in [0.25, 0.3) is 0 Å². The molecule has 0 radical (unpaired) electrons. The highest BCUT2D eigenvalue weighted by Crippen LogP contribution is 2.16. The molecule has 4 nitrogen and oxygen atoms in total. The molecule has 1 aliphatic carbocycles. The highest BCUT2D eigenvalue weighted by atomic mass is 16.6. The number of hydrogen-bond acceptors (Lipinski definition) is 3. The second kappa shape index (κ2) is 5.34. The molecule has 1 aliphatic rings. The Balaban J connectivity index is 2.23. The largest absolute Gasteiger partial charge is 0.443 e. The number of hydrazine groups is 1. The van der Waals surface area contributed by atoms with Crippen molar-refractivity contribution < 1.29 is 9.53 Å². The van der Waals surface area contributed by atoms with E-state index in [2.05, 4.69) is 23.9 Å². The third-order valence-electron chi connectivity index (χ3n) is 2.42. The van der Waals surface area contributed by atoms with E-state index in [-0.39, 0.29) is 0 Å². The second-order valence-corrected chi connectivity index (χ2v) is 5.29. The summed E-state index contributed by atoms with van der Waals surface area (Å²) in [6.45, 7) is 7.68. The molecule has 0 aliphatic heterocycles. The third-order valence-corrected chi connectivity index (χ3v) is 2.42. The van der Waals surface area contributed by atoms with Crippen LogP contribution in [0.5, 0.6) is 0 Å². The zero-order valence-electron chi connectivity index (χ0n) is 10.6. The highest BCUT2D eigenvalue weighted by Gasteiger charge is 2.17. The smallest absolute Gasteiger partial charge is 0.422 e. The Morgan fingerprint density at radius 1 is 1.50 bits per heavy atom. The predicted molar refractivity (Wildman–Crippen MR) is 63.9 cm³/mol. The van der Waals surface area contributed by atoms with E-state index in [0.717, 1.165) is 19.3 Å². The highest BCUT2D eigenvalue weighted by molar-refractivity contribution is 5.67. The van der Waals surface area contributed by atoms with Gasteiger partial charge >= 0.3 is 6.09 Å². The summed E-state index contributed by atoms with van der Waals surface area (Å²) >= 11 is 0. The maximum absolute atomic E-state index is 11.4. The molecule has 0 saturated heterocycles. The second-order valence-electron chi connectivity index (χ2n) is 5.29. The quantitative estimate of drug-likeness (QED) is 0.562. The molecule has 4 heteroatoms. The van der Waals surface area contributed by atoms with Gasteiger partial charge < -0.3 is 4.74 Å². The lowest BCUT2D eigenvalue weighted by molar-refractivity contribution is 0.0486. The molecule has 0 heterocycles. The maximum Gasteiger partial charge on any atom is 0.422 e.